The number of hydrogen-bond acceptors (Lipinski definition) is 3. The molecule has 1 aliphatic rings. The van der Waals surface area contributed by atoms with Crippen molar-refractivity contribution in [1.82, 2.24) is 5.32 Å². The number of ether oxygens (including phenoxy) is 1. The minimum absolute atomic E-state index is 0.234. The smallest absolute Gasteiger partial charge is 0.408 e. The van der Waals surface area contributed by atoms with Crippen LogP contribution < -0.4 is 5.32 Å². The maximum absolute atomic E-state index is 11.7. The number of hydrogen-bond donors (Lipinski definition) is 1. The first-order valence-electron chi connectivity index (χ1n) is 7.08. The molecule has 4 nitrogen and oxygen atoms in total. The summed E-state index contributed by atoms with van der Waals surface area (Å²) >= 11 is 0. The molecule has 1 atom stereocenters. The monoisotopic (exact) mass is 269 g/mol. The zero-order chi connectivity index (χ0) is 14.7. The van der Waals surface area contributed by atoms with Crippen LogP contribution in [0.1, 0.15) is 60.3 Å². The van der Waals surface area contributed by atoms with E-state index in [1.165, 1.54) is 0 Å². The third kappa shape index (κ3) is 5.62. The topological polar surface area (TPSA) is 55.4 Å². The van der Waals surface area contributed by atoms with Crippen molar-refractivity contribution in [2.75, 3.05) is 0 Å². The summed E-state index contributed by atoms with van der Waals surface area (Å²) in [6, 6.07) is -0.425. The van der Waals surface area contributed by atoms with Gasteiger partial charge in [0.1, 0.15) is 11.9 Å². The van der Waals surface area contributed by atoms with E-state index in [1.807, 2.05) is 20.8 Å². The van der Waals surface area contributed by atoms with Crippen LogP contribution in [0.25, 0.3) is 0 Å². The standard InChI is InChI=1S/C15H27NO3/c1-14(2,3)19-13(18)16-12(10-17)11-6-8-15(4,5)9-7-11/h10-12H,6-9H2,1-5H3,(H,16,18). The fourth-order valence-corrected chi connectivity index (χ4v) is 2.49. The van der Waals surface area contributed by atoms with Crippen molar-refractivity contribution in [3.63, 3.8) is 0 Å². The molecule has 0 spiro atoms. The first-order chi connectivity index (χ1) is 8.63. The average molecular weight is 269 g/mol. The van der Waals surface area contributed by atoms with E-state index < -0.39 is 17.7 Å². The minimum Gasteiger partial charge on any atom is -0.444 e. The lowest BCUT2D eigenvalue weighted by atomic mass is 9.71. The highest BCUT2D eigenvalue weighted by Gasteiger charge is 2.32. The van der Waals surface area contributed by atoms with Crippen molar-refractivity contribution < 1.29 is 14.3 Å². The van der Waals surface area contributed by atoms with E-state index in [2.05, 4.69) is 19.2 Å². The van der Waals surface area contributed by atoms with Gasteiger partial charge < -0.3 is 14.8 Å². The molecule has 1 unspecified atom stereocenters. The van der Waals surface area contributed by atoms with Crippen molar-refractivity contribution >= 4 is 12.4 Å². The highest BCUT2D eigenvalue weighted by molar-refractivity contribution is 5.73. The third-order valence-electron chi connectivity index (χ3n) is 3.72. The number of alkyl carbamates (subject to hydrolysis) is 1. The highest BCUT2D eigenvalue weighted by atomic mass is 16.6. The zero-order valence-electron chi connectivity index (χ0n) is 12.8. The fraction of sp³-hybridized carbons (Fsp3) is 0.867. The van der Waals surface area contributed by atoms with Crippen LogP contribution in [0, 0.1) is 11.3 Å². The normalized spacial score (nSPS) is 21.5. The van der Waals surface area contributed by atoms with Crippen LogP contribution >= 0.6 is 0 Å². The Kier molecular flexibility index (Phi) is 4.99. The van der Waals surface area contributed by atoms with Gasteiger partial charge in [0.25, 0.3) is 0 Å². The molecule has 0 radical (unpaired) electrons. The van der Waals surface area contributed by atoms with E-state index in [9.17, 15) is 9.59 Å². The summed E-state index contributed by atoms with van der Waals surface area (Å²) < 4.78 is 5.19. The van der Waals surface area contributed by atoms with Crippen LogP contribution in [0.5, 0.6) is 0 Å². The van der Waals surface area contributed by atoms with Crippen molar-refractivity contribution in [1.29, 1.82) is 0 Å². The van der Waals surface area contributed by atoms with E-state index in [4.69, 9.17) is 4.74 Å². The molecule has 110 valence electrons. The summed E-state index contributed by atoms with van der Waals surface area (Å²) in [4.78, 5) is 22.9. The molecule has 0 heterocycles. The van der Waals surface area contributed by atoms with Crippen LogP contribution in [-0.4, -0.2) is 24.0 Å². The lowest BCUT2D eigenvalue weighted by molar-refractivity contribution is -0.111. The van der Waals surface area contributed by atoms with Crippen molar-refractivity contribution in [3.05, 3.63) is 0 Å². The predicted octanol–water partition coefficient (Wildman–Crippen LogP) is 3.30. The molecule has 0 bridgehead atoms. The van der Waals surface area contributed by atoms with Gasteiger partial charge in [-0.15, -0.1) is 0 Å². The van der Waals surface area contributed by atoms with Crippen LogP contribution in [0.3, 0.4) is 0 Å². The van der Waals surface area contributed by atoms with Gasteiger partial charge in [0.05, 0.1) is 6.04 Å². The summed E-state index contributed by atoms with van der Waals surface area (Å²) in [5, 5.41) is 2.69. The van der Waals surface area contributed by atoms with Gasteiger partial charge in [-0.3, -0.25) is 0 Å². The summed E-state index contributed by atoms with van der Waals surface area (Å²) in [7, 11) is 0. The molecule has 0 aromatic rings. The SMILES string of the molecule is CC1(C)CCC(C(C=O)NC(=O)OC(C)(C)C)CC1. The van der Waals surface area contributed by atoms with Crippen molar-refractivity contribution in [2.24, 2.45) is 11.3 Å². The van der Waals surface area contributed by atoms with E-state index >= 15 is 0 Å². The summed E-state index contributed by atoms with van der Waals surface area (Å²) in [6.07, 6.45) is 4.48. The van der Waals surface area contributed by atoms with E-state index in [0.29, 0.717) is 5.41 Å². The van der Waals surface area contributed by atoms with Gasteiger partial charge in [0.2, 0.25) is 0 Å². The lowest BCUT2D eigenvalue weighted by Crippen LogP contribution is -2.45. The van der Waals surface area contributed by atoms with Gasteiger partial charge in [-0.1, -0.05) is 13.8 Å². The summed E-state index contributed by atoms with van der Waals surface area (Å²) in [5.74, 6) is 0.234. The van der Waals surface area contributed by atoms with Gasteiger partial charge in [-0.2, -0.15) is 0 Å². The second kappa shape index (κ2) is 5.93. The number of carbonyl (C=O) groups is 2. The number of rotatable bonds is 3. The molecule has 1 N–H and O–H groups in total. The van der Waals surface area contributed by atoms with E-state index in [-0.39, 0.29) is 5.92 Å². The lowest BCUT2D eigenvalue weighted by Gasteiger charge is -2.36. The Morgan fingerprint density at radius 2 is 1.84 bits per heavy atom. The molecule has 0 aromatic carbocycles. The van der Waals surface area contributed by atoms with Crippen molar-refractivity contribution in [3.8, 4) is 0 Å². The number of carbonyl (C=O) groups excluding carboxylic acids is 2. The summed E-state index contributed by atoms with van der Waals surface area (Å²) in [5.41, 5.74) is -0.179. The number of aldehydes is 1. The molecule has 1 rings (SSSR count). The van der Waals surface area contributed by atoms with E-state index in [1.54, 1.807) is 0 Å². The van der Waals surface area contributed by atoms with Gasteiger partial charge >= 0.3 is 6.09 Å². The minimum atomic E-state index is -0.536. The largest absolute Gasteiger partial charge is 0.444 e. The Hall–Kier alpha value is -1.06. The Morgan fingerprint density at radius 3 is 2.26 bits per heavy atom. The molecule has 1 aliphatic carbocycles. The maximum Gasteiger partial charge on any atom is 0.408 e. The number of nitrogens with one attached hydrogen (secondary N) is 1. The van der Waals surface area contributed by atoms with Crippen LogP contribution in [0.2, 0.25) is 0 Å². The van der Waals surface area contributed by atoms with Gasteiger partial charge in [-0.05, 0) is 57.8 Å². The molecule has 0 saturated heterocycles. The Bertz CT molecular complexity index is 321. The summed E-state index contributed by atoms with van der Waals surface area (Å²) in [6.45, 7) is 9.93. The van der Waals surface area contributed by atoms with Gasteiger partial charge in [-0.25, -0.2) is 4.79 Å². The Labute approximate surface area is 116 Å². The molecule has 1 amide bonds. The van der Waals surface area contributed by atoms with Gasteiger partial charge in [0, 0.05) is 0 Å². The first kappa shape index (κ1) is 16.0. The zero-order valence-corrected chi connectivity index (χ0v) is 12.8. The molecule has 1 fully saturated rings. The van der Waals surface area contributed by atoms with Gasteiger partial charge in [0.15, 0.2) is 0 Å². The second-order valence-corrected chi connectivity index (χ2v) is 7.31. The van der Waals surface area contributed by atoms with Crippen LogP contribution in [-0.2, 0) is 9.53 Å². The number of amides is 1. The predicted molar refractivity (Wildman–Crippen MR) is 75.0 cm³/mol. The molecule has 0 aliphatic heterocycles. The molecule has 1 saturated carbocycles. The first-order valence-corrected chi connectivity index (χ1v) is 7.08. The third-order valence-corrected chi connectivity index (χ3v) is 3.72. The second-order valence-electron chi connectivity index (χ2n) is 7.31. The fourth-order valence-electron chi connectivity index (χ4n) is 2.49. The molecule has 19 heavy (non-hydrogen) atoms. The Balaban J connectivity index is 2.50. The molecule has 4 heteroatoms. The quantitative estimate of drug-likeness (QED) is 0.800. The molecular formula is C15H27NO3. The average Bonchev–Trinajstić information content (AvgIpc) is 2.24. The highest BCUT2D eigenvalue weighted by Crippen LogP contribution is 2.38. The van der Waals surface area contributed by atoms with Crippen LogP contribution in [0.4, 0.5) is 4.79 Å². The van der Waals surface area contributed by atoms with Crippen LogP contribution in [0.15, 0.2) is 0 Å². The molecular weight excluding hydrogens is 242 g/mol. The Morgan fingerprint density at radius 1 is 1.32 bits per heavy atom. The van der Waals surface area contributed by atoms with E-state index in [0.717, 1.165) is 32.0 Å². The molecule has 0 aromatic heterocycles. The maximum atomic E-state index is 11.7. The van der Waals surface area contributed by atoms with Crippen molar-refractivity contribution in [2.45, 2.75) is 71.9 Å².